The molecule has 9 heteroatoms. The Morgan fingerprint density at radius 1 is 1.55 bits per heavy atom. The van der Waals surface area contributed by atoms with Crippen LogP contribution in [0.1, 0.15) is 23.7 Å². The molecule has 108 valence electrons. The number of carbonyl (C=O) groups is 2. The third-order valence-corrected chi connectivity index (χ3v) is 2.63. The van der Waals surface area contributed by atoms with Gasteiger partial charge in [-0.1, -0.05) is 6.92 Å². The van der Waals surface area contributed by atoms with Crippen molar-refractivity contribution in [1.82, 2.24) is 10.3 Å². The Balaban J connectivity index is 2.73. The van der Waals surface area contributed by atoms with Crippen LogP contribution in [0.5, 0.6) is 0 Å². The van der Waals surface area contributed by atoms with Crippen LogP contribution in [0.4, 0.5) is 5.69 Å². The Labute approximate surface area is 112 Å². The fourth-order valence-electron chi connectivity index (χ4n) is 1.37. The molecule has 0 aromatic carbocycles. The molecule has 0 aliphatic carbocycles. The summed E-state index contributed by atoms with van der Waals surface area (Å²) in [6, 6.07) is 0.870. The molecule has 1 atom stereocenters. The zero-order valence-corrected chi connectivity index (χ0v) is 10.6. The summed E-state index contributed by atoms with van der Waals surface area (Å²) < 4.78 is 0. The topological polar surface area (TPSA) is 142 Å². The first-order valence-corrected chi connectivity index (χ1v) is 5.71. The van der Waals surface area contributed by atoms with Crippen molar-refractivity contribution in [2.75, 3.05) is 6.54 Å². The maximum Gasteiger partial charge on any atom is 0.306 e. The number of aliphatic carboxylic acids is 1. The number of aromatic nitrogens is 1. The van der Waals surface area contributed by atoms with Gasteiger partial charge < -0.3 is 15.4 Å². The zero-order chi connectivity index (χ0) is 15.3. The van der Waals surface area contributed by atoms with E-state index >= 15 is 0 Å². The van der Waals surface area contributed by atoms with Gasteiger partial charge in [0.2, 0.25) is 0 Å². The lowest BCUT2D eigenvalue weighted by atomic mass is 10.1. The minimum absolute atomic E-state index is 0.0500. The lowest BCUT2D eigenvalue weighted by molar-refractivity contribution is -0.385. The highest BCUT2D eigenvalue weighted by molar-refractivity contribution is 5.94. The number of rotatable bonds is 6. The first-order chi connectivity index (χ1) is 9.32. The number of carbonyl (C=O) groups excluding carboxylic acids is 1. The van der Waals surface area contributed by atoms with Crippen molar-refractivity contribution in [3.8, 4) is 0 Å². The fourth-order valence-corrected chi connectivity index (χ4v) is 1.37. The van der Waals surface area contributed by atoms with Crippen LogP contribution in [0.15, 0.2) is 17.1 Å². The zero-order valence-electron chi connectivity index (χ0n) is 10.6. The predicted molar refractivity (Wildman–Crippen MR) is 67.5 cm³/mol. The van der Waals surface area contributed by atoms with E-state index in [-0.39, 0.29) is 18.5 Å². The first kappa shape index (κ1) is 15.3. The fraction of sp³-hybridized carbons (Fsp3) is 0.364. The number of nitro groups is 1. The Kier molecular flexibility index (Phi) is 4.95. The molecule has 0 aliphatic heterocycles. The summed E-state index contributed by atoms with van der Waals surface area (Å²) in [4.78, 5) is 45.6. The molecule has 0 spiro atoms. The van der Waals surface area contributed by atoms with E-state index in [1.54, 1.807) is 0 Å². The van der Waals surface area contributed by atoms with Crippen LogP contribution in [-0.2, 0) is 4.79 Å². The van der Waals surface area contributed by atoms with Crippen molar-refractivity contribution in [2.45, 2.75) is 13.3 Å². The lowest BCUT2D eigenvalue weighted by Crippen LogP contribution is -2.31. The summed E-state index contributed by atoms with van der Waals surface area (Å²) in [6.45, 7) is 1.53. The molecule has 0 bridgehead atoms. The van der Waals surface area contributed by atoms with Crippen molar-refractivity contribution in [1.29, 1.82) is 0 Å². The Morgan fingerprint density at radius 3 is 2.75 bits per heavy atom. The van der Waals surface area contributed by atoms with Crippen LogP contribution in [0, 0.1) is 16.0 Å². The van der Waals surface area contributed by atoms with E-state index in [1.165, 1.54) is 6.92 Å². The highest BCUT2D eigenvalue weighted by atomic mass is 16.6. The van der Waals surface area contributed by atoms with Gasteiger partial charge in [-0.2, -0.15) is 0 Å². The number of nitrogens with zero attached hydrogens (tertiary/aromatic N) is 1. The Morgan fingerprint density at radius 2 is 2.20 bits per heavy atom. The van der Waals surface area contributed by atoms with Crippen LogP contribution in [0.3, 0.4) is 0 Å². The maximum atomic E-state index is 11.7. The van der Waals surface area contributed by atoms with E-state index in [1.807, 2.05) is 0 Å². The van der Waals surface area contributed by atoms with Gasteiger partial charge in [-0.15, -0.1) is 0 Å². The maximum absolute atomic E-state index is 11.7. The van der Waals surface area contributed by atoms with Gasteiger partial charge in [-0.3, -0.25) is 24.5 Å². The van der Waals surface area contributed by atoms with Crippen LogP contribution in [-0.4, -0.2) is 33.4 Å². The molecule has 0 aliphatic rings. The Bertz CT molecular complexity index is 594. The van der Waals surface area contributed by atoms with Gasteiger partial charge in [0.1, 0.15) is 5.56 Å². The predicted octanol–water partition coefficient (Wildman–Crippen LogP) is 0.124. The van der Waals surface area contributed by atoms with Gasteiger partial charge in [-0.25, -0.2) is 0 Å². The van der Waals surface area contributed by atoms with E-state index in [0.717, 1.165) is 12.3 Å². The van der Waals surface area contributed by atoms with Gasteiger partial charge in [0.25, 0.3) is 17.2 Å². The van der Waals surface area contributed by atoms with E-state index in [4.69, 9.17) is 5.11 Å². The summed E-state index contributed by atoms with van der Waals surface area (Å²) in [7, 11) is 0. The Hall–Kier alpha value is -2.71. The van der Waals surface area contributed by atoms with Gasteiger partial charge in [-0.05, 0) is 6.42 Å². The summed E-state index contributed by atoms with van der Waals surface area (Å²) >= 11 is 0. The number of aromatic amines is 1. The first-order valence-electron chi connectivity index (χ1n) is 5.71. The molecule has 0 saturated heterocycles. The van der Waals surface area contributed by atoms with Crippen molar-refractivity contribution in [2.24, 2.45) is 5.92 Å². The van der Waals surface area contributed by atoms with E-state index in [9.17, 15) is 24.5 Å². The van der Waals surface area contributed by atoms with Gasteiger partial charge in [0.05, 0.1) is 17.0 Å². The number of nitrogens with one attached hydrogen (secondary N) is 2. The largest absolute Gasteiger partial charge is 0.481 e. The van der Waals surface area contributed by atoms with Crippen LogP contribution in [0.2, 0.25) is 0 Å². The second-order valence-electron chi connectivity index (χ2n) is 4.14. The van der Waals surface area contributed by atoms with Crippen LogP contribution < -0.4 is 10.9 Å². The third kappa shape index (κ3) is 3.90. The van der Waals surface area contributed by atoms with E-state index in [2.05, 4.69) is 10.3 Å². The molecule has 1 rings (SSSR count). The molecule has 20 heavy (non-hydrogen) atoms. The molecule has 3 N–H and O–H groups in total. The number of carboxylic acids is 1. The highest BCUT2D eigenvalue weighted by Crippen LogP contribution is 2.08. The molecule has 0 radical (unpaired) electrons. The standard InChI is InChI=1S/C11H13N3O6/c1-6(11(17)18)2-3-12-9(15)8-4-7(14(19)20)5-13-10(8)16/h4-6H,2-3H2,1H3,(H,12,15)(H,13,16)(H,17,18). The third-order valence-electron chi connectivity index (χ3n) is 2.63. The van der Waals surface area contributed by atoms with Crippen molar-refractivity contribution < 1.29 is 19.6 Å². The highest BCUT2D eigenvalue weighted by Gasteiger charge is 2.16. The smallest absolute Gasteiger partial charge is 0.306 e. The van der Waals surface area contributed by atoms with E-state index < -0.39 is 34.0 Å². The van der Waals surface area contributed by atoms with Crippen molar-refractivity contribution >= 4 is 17.6 Å². The summed E-state index contributed by atoms with van der Waals surface area (Å²) in [5.41, 5.74) is -1.55. The molecule has 0 saturated carbocycles. The van der Waals surface area contributed by atoms with Crippen molar-refractivity contribution in [3.05, 3.63) is 38.3 Å². The molecular weight excluding hydrogens is 270 g/mol. The van der Waals surface area contributed by atoms with Gasteiger partial charge in [0, 0.05) is 12.6 Å². The number of carboxylic acid groups (broad SMARTS) is 1. The molecule has 1 unspecified atom stereocenters. The second-order valence-corrected chi connectivity index (χ2v) is 4.14. The molecule has 1 heterocycles. The lowest BCUT2D eigenvalue weighted by Gasteiger charge is -2.07. The number of hydrogen-bond acceptors (Lipinski definition) is 5. The number of hydrogen-bond donors (Lipinski definition) is 3. The molecule has 1 amide bonds. The SMILES string of the molecule is CC(CCNC(=O)c1cc([N+](=O)[O-])c[nH]c1=O)C(=O)O. The average molecular weight is 283 g/mol. The molecule has 1 aromatic rings. The van der Waals surface area contributed by atoms with Gasteiger partial charge in [0.15, 0.2) is 0 Å². The summed E-state index contributed by atoms with van der Waals surface area (Å²) in [5.74, 6) is -2.42. The molecule has 0 fully saturated rings. The second kappa shape index (κ2) is 6.45. The van der Waals surface area contributed by atoms with Crippen molar-refractivity contribution in [3.63, 3.8) is 0 Å². The molecular formula is C11H13N3O6. The summed E-state index contributed by atoms with van der Waals surface area (Å²) in [6.07, 6.45) is 1.08. The van der Waals surface area contributed by atoms with Gasteiger partial charge >= 0.3 is 5.97 Å². The quantitative estimate of drug-likeness (QED) is 0.500. The monoisotopic (exact) mass is 283 g/mol. The number of amides is 1. The minimum atomic E-state index is -0.993. The van der Waals surface area contributed by atoms with E-state index in [0.29, 0.717) is 0 Å². The van der Waals surface area contributed by atoms with Crippen LogP contribution >= 0.6 is 0 Å². The number of H-pyrrole nitrogens is 1. The normalized spacial score (nSPS) is 11.7. The number of pyridine rings is 1. The minimum Gasteiger partial charge on any atom is -0.481 e. The summed E-state index contributed by atoms with van der Waals surface area (Å²) in [5, 5.41) is 21.6. The van der Waals surface area contributed by atoms with Crippen LogP contribution in [0.25, 0.3) is 0 Å². The average Bonchev–Trinajstić information content (AvgIpc) is 2.38. The molecule has 1 aromatic heterocycles. The molecule has 9 nitrogen and oxygen atoms in total.